The van der Waals surface area contributed by atoms with Gasteiger partial charge in [0, 0.05) is 22.0 Å². The SMILES string of the molecule is O=C(Nc1nc(-c2cccc3ccccc23)cs1)c1ccc(Cl)cc1[N+](=O)[O-]. The minimum Gasteiger partial charge on any atom is -0.298 e. The van der Waals surface area contributed by atoms with E-state index in [1.54, 1.807) is 0 Å². The van der Waals surface area contributed by atoms with Crippen molar-refractivity contribution >= 4 is 50.4 Å². The Kier molecular flexibility index (Phi) is 4.77. The number of fused-ring (bicyclic) bond motifs is 1. The number of nitrogens with zero attached hydrogens (tertiary/aromatic N) is 2. The van der Waals surface area contributed by atoms with Crippen LogP contribution in [0.5, 0.6) is 0 Å². The molecule has 8 heteroatoms. The fourth-order valence-electron chi connectivity index (χ4n) is 2.92. The molecule has 138 valence electrons. The lowest BCUT2D eigenvalue weighted by molar-refractivity contribution is -0.385. The van der Waals surface area contributed by atoms with Gasteiger partial charge in [0.1, 0.15) is 5.56 Å². The summed E-state index contributed by atoms with van der Waals surface area (Å²) < 4.78 is 0. The van der Waals surface area contributed by atoms with Crippen molar-refractivity contribution in [2.75, 3.05) is 5.32 Å². The maximum absolute atomic E-state index is 12.5. The van der Waals surface area contributed by atoms with Crippen molar-refractivity contribution < 1.29 is 9.72 Å². The van der Waals surface area contributed by atoms with Crippen LogP contribution in [0.4, 0.5) is 10.8 Å². The number of hydrogen-bond donors (Lipinski definition) is 1. The first-order chi connectivity index (χ1) is 13.5. The first-order valence-corrected chi connectivity index (χ1v) is 9.47. The lowest BCUT2D eigenvalue weighted by atomic mass is 10.0. The number of carbonyl (C=O) groups excluding carboxylic acids is 1. The highest BCUT2D eigenvalue weighted by Gasteiger charge is 2.21. The molecule has 0 saturated heterocycles. The molecule has 0 saturated carbocycles. The van der Waals surface area contributed by atoms with E-state index in [9.17, 15) is 14.9 Å². The third kappa shape index (κ3) is 3.45. The van der Waals surface area contributed by atoms with Crippen molar-refractivity contribution in [3.63, 3.8) is 0 Å². The molecule has 0 aliphatic heterocycles. The number of amides is 1. The number of nitro benzene ring substituents is 1. The Hall–Kier alpha value is -3.29. The molecular weight excluding hydrogens is 398 g/mol. The second-order valence-corrected chi connectivity index (χ2v) is 7.23. The van der Waals surface area contributed by atoms with Gasteiger partial charge in [0.05, 0.1) is 10.6 Å². The van der Waals surface area contributed by atoms with E-state index in [1.807, 2.05) is 47.8 Å². The van der Waals surface area contributed by atoms with E-state index in [1.165, 1.54) is 23.5 Å². The van der Waals surface area contributed by atoms with Crippen LogP contribution in [-0.2, 0) is 0 Å². The highest BCUT2D eigenvalue weighted by Crippen LogP contribution is 2.31. The number of hydrogen-bond acceptors (Lipinski definition) is 5. The van der Waals surface area contributed by atoms with Crippen LogP contribution in [0.15, 0.2) is 66.0 Å². The Morgan fingerprint density at radius 3 is 2.71 bits per heavy atom. The number of thiazole rings is 1. The predicted octanol–water partition coefficient (Wildman–Crippen LogP) is 5.78. The van der Waals surface area contributed by atoms with Crippen molar-refractivity contribution in [2.45, 2.75) is 0 Å². The number of nitro groups is 1. The fraction of sp³-hybridized carbons (Fsp3) is 0. The van der Waals surface area contributed by atoms with Crippen LogP contribution >= 0.6 is 22.9 Å². The van der Waals surface area contributed by atoms with E-state index in [4.69, 9.17) is 11.6 Å². The Balaban J connectivity index is 1.64. The van der Waals surface area contributed by atoms with Crippen molar-refractivity contribution in [3.05, 3.63) is 86.7 Å². The van der Waals surface area contributed by atoms with Crippen LogP contribution in [0.3, 0.4) is 0 Å². The molecular formula is C20H12ClN3O3S. The van der Waals surface area contributed by atoms with Crippen LogP contribution in [0.1, 0.15) is 10.4 Å². The monoisotopic (exact) mass is 409 g/mol. The van der Waals surface area contributed by atoms with Gasteiger partial charge in [0.15, 0.2) is 5.13 Å². The third-order valence-corrected chi connectivity index (χ3v) is 5.18. The molecule has 4 rings (SSSR count). The summed E-state index contributed by atoms with van der Waals surface area (Å²) >= 11 is 7.05. The Bertz CT molecular complexity index is 1220. The van der Waals surface area contributed by atoms with E-state index < -0.39 is 10.8 Å². The molecule has 0 fully saturated rings. The molecule has 0 aliphatic carbocycles. The molecule has 0 unspecified atom stereocenters. The van der Waals surface area contributed by atoms with Gasteiger partial charge in [-0.2, -0.15) is 0 Å². The van der Waals surface area contributed by atoms with Gasteiger partial charge in [0.2, 0.25) is 0 Å². The van der Waals surface area contributed by atoms with Gasteiger partial charge in [-0.05, 0) is 22.9 Å². The summed E-state index contributed by atoms with van der Waals surface area (Å²) in [5.74, 6) is -0.609. The number of rotatable bonds is 4. The van der Waals surface area contributed by atoms with Gasteiger partial charge < -0.3 is 0 Å². The Labute approximate surface area is 168 Å². The zero-order valence-corrected chi connectivity index (χ0v) is 15.8. The second kappa shape index (κ2) is 7.38. The van der Waals surface area contributed by atoms with Gasteiger partial charge in [0.25, 0.3) is 11.6 Å². The summed E-state index contributed by atoms with van der Waals surface area (Å²) in [6.07, 6.45) is 0. The van der Waals surface area contributed by atoms with Gasteiger partial charge in [-0.3, -0.25) is 20.2 Å². The second-order valence-electron chi connectivity index (χ2n) is 5.94. The average molecular weight is 410 g/mol. The van der Waals surface area contributed by atoms with Gasteiger partial charge in [-0.1, -0.05) is 54.1 Å². The van der Waals surface area contributed by atoms with Crippen molar-refractivity contribution in [2.24, 2.45) is 0 Å². The molecule has 0 atom stereocenters. The minimum atomic E-state index is -0.635. The molecule has 1 amide bonds. The Morgan fingerprint density at radius 1 is 1.11 bits per heavy atom. The topological polar surface area (TPSA) is 85.1 Å². The van der Waals surface area contributed by atoms with Crippen LogP contribution in [0.25, 0.3) is 22.0 Å². The maximum Gasteiger partial charge on any atom is 0.283 e. The lowest BCUT2D eigenvalue weighted by Gasteiger charge is -2.04. The van der Waals surface area contributed by atoms with E-state index in [-0.39, 0.29) is 16.3 Å². The summed E-state index contributed by atoms with van der Waals surface area (Å²) in [7, 11) is 0. The molecule has 4 aromatic rings. The third-order valence-electron chi connectivity index (χ3n) is 4.19. The summed E-state index contributed by atoms with van der Waals surface area (Å²) in [5.41, 5.74) is 1.25. The highest BCUT2D eigenvalue weighted by atomic mass is 35.5. The molecule has 3 aromatic carbocycles. The Morgan fingerprint density at radius 2 is 1.89 bits per heavy atom. The zero-order chi connectivity index (χ0) is 19.7. The summed E-state index contributed by atoms with van der Waals surface area (Å²) in [6.45, 7) is 0. The number of aromatic nitrogens is 1. The summed E-state index contributed by atoms with van der Waals surface area (Å²) in [6, 6.07) is 17.8. The van der Waals surface area contributed by atoms with Crippen molar-refractivity contribution in [1.29, 1.82) is 0 Å². The molecule has 0 spiro atoms. The minimum absolute atomic E-state index is 0.0729. The van der Waals surface area contributed by atoms with Crippen LogP contribution in [0, 0.1) is 10.1 Å². The van der Waals surface area contributed by atoms with Crippen molar-refractivity contribution in [1.82, 2.24) is 4.98 Å². The number of nitrogens with one attached hydrogen (secondary N) is 1. The molecule has 0 radical (unpaired) electrons. The van der Waals surface area contributed by atoms with Crippen LogP contribution in [-0.4, -0.2) is 15.8 Å². The van der Waals surface area contributed by atoms with Gasteiger partial charge in [-0.25, -0.2) is 4.98 Å². The van der Waals surface area contributed by atoms with E-state index in [0.29, 0.717) is 5.13 Å². The number of benzene rings is 3. The standard InChI is InChI=1S/C20H12ClN3O3S/c21-13-8-9-16(18(10-13)24(26)27)19(25)23-20-22-17(11-28-20)15-7-3-5-12-4-1-2-6-14(12)15/h1-11H,(H,22,23,25). The first kappa shape index (κ1) is 18.1. The fourth-order valence-corrected chi connectivity index (χ4v) is 3.79. The molecule has 6 nitrogen and oxygen atoms in total. The van der Waals surface area contributed by atoms with E-state index in [0.717, 1.165) is 28.1 Å². The molecule has 0 aliphatic rings. The molecule has 28 heavy (non-hydrogen) atoms. The molecule has 1 N–H and O–H groups in total. The number of carbonyl (C=O) groups is 1. The largest absolute Gasteiger partial charge is 0.298 e. The average Bonchev–Trinajstić information content (AvgIpc) is 3.15. The molecule has 1 heterocycles. The van der Waals surface area contributed by atoms with Gasteiger partial charge in [-0.15, -0.1) is 11.3 Å². The van der Waals surface area contributed by atoms with Crippen molar-refractivity contribution in [3.8, 4) is 11.3 Å². The lowest BCUT2D eigenvalue weighted by Crippen LogP contribution is -2.13. The number of anilines is 1. The highest BCUT2D eigenvalue weighted by molar-refractivity contribution is 7.14. The van der Waals surface area contributed by atoms with Crippen LogP contribution in [0.2, 0.25) is 5.02 Å². The quantitative estimate of drug-likeness (QED) is 0.342. The smallest absolute Gasteiger partial charge is 0.283 e. The first-order valence-electron chi connectivity index (χ1n) is 8.22. The van der Waals surface area contributed by atoms with Crippen LogP contribution < -0.4 is 5.32 Å². The summed E-state index contributed by atoms with van der Waals surface area (Å²) in [5, 5.41) is 18.4. The summed E-state index contributed by atoms with van der Waals surface area (Å²) in [4.78, 5) is 27.6. The number of halogens is 1. The van der Waals surface area contributed by atoms with E-state index >= 15 is 0 Å². The zero-order valence-electron chi connectivity index (χ0n) is 14.3. The predicted molar refractivity (Wildman–Crippen MR) is 111 cm³/mol. The normalized spacial score (nSPS) is 10.8. The molecule has 1 aromatic heterocycles. The van der Waals surface area contributed by atoms with Gasteiger partial charge >= 0.3 is 0 Å². The van der Waals surface area contributed by atoms with E-state index in [2.05, 4.69) is 10.3 Å². The molecule has 0 bridgehead atoms. The maximum atomic E-state index is 12.5.